The van der Waals surface area contributed by atoms with Crippen molar-refractivity contribution in [3.63, 3.8) is 0 Å². The number of halogens is 1. The number of benzene rings is 2. The maximum Gasteiger partial charge on any atom is 0.345 e. The third-order valence-electron chi connectivity index (χ3n) is 4.05. The normalized spacial score (nSPS) is 11.5. The first-order valence-electron chi connectivity index (χ1n) is 9.65. The van der Waals surface area contributed by atoms with Crippen molar-refractivity contribution in [2.45, 2.75) is 33.0 Å². The van der Waals surface area contributed by atoms with Gasteiger partial charge in [-0.25, -0.2) is 9.78 Å². The number of hydrogen-bond donors (Lipinski definition) is 0. The van der Waals surface area contributed by atoms with E-state index in [4.69, 9.17) is 21.1 Å². The molecule has 0 radical (unpaired) electrons. The highest BCUT2D eigenvalue weighted by molar-refractivity contribution is 6.32. The zero-order chi connectivity index (χ0) is 21.6. The van der Waals surface area contributed by atoms with E-state index in [0.29, 0.717) is 18.1 Å². The first-order valence-corrected chi connectivity index (χ1v) is 10.0. The lowest BCUT2D eigenvalue weighted by molar-refractivity contribution is 0.00652. The number of rotatable bonds is 6. The summed E-state index contributed by atoms with van der Waals surface area (Å²) in [5.74, 6) is -0.234. The Bertz CT molecular complexity index is 1030. The van der Waals surface area contributed by atoms with Crippen molar-refractivity contribution in [1.82, 2.24) is 4.98 Å². The minimum absolute atomic E-state index is 0.0440. The molecule has 0 aliphatic rings. The predicted molar refractivity (Wildman–Crippen MR) is 121 cm³/mol. The topological polar surface area (TPSA) is 48.4 Å². The van der Waals surface area contributed by atoms with Gasteiger partial charge in [0.15, 0.2) is 0 Å². The van der Waals surface area contributed by atoms with E-state index in [9.17, 15) is 4.79 Å². The average molecular weight is 422 g/mol. The molecule has 0 N–H and O–H groups in total. The van der Waals surface area contributed by atoms with Crippen molar-refractivity contribution in [3.05, 3.63) is 94.3 Å². The zero-order valence-corrected chi connectivity index (χ0v) is 18.0. The molecule has 0 spiro atoms. The molecule has 1 aromatic heterocycles. The Labute approximate surface area is 182 Å². The summed E-state index contributed by atoms with van der Waals surface area (Å²) in [6.07, 6.45) is 3.75. The molecule has 4 nitrogen and oxygen atoms in total. The van der Waals surface area contributed by atoms with Crippen molar-refractivity contribution < 1.29 is 14.3 Å². The van der Waals surface area contributed by atoms with Crippen molar-refractivity contribution in [1.29, 1.82) is 0 Å². The molecular weight excluding hydrogens is 398 g/mol. The number of hydrogen-bond acceptors (Lipinski definition) is 4. The van der Waals surface area contributed by atoms with Crippen LogP contribution >= 0.6 is 11.6 Å². The number of aromatic nitrogens is 1. The molecule has 3 aromatic rings. The van der Waals surface area contributed by atoms with E-state index >= 15 is 0 Å². The van der Waals surface area contributed by atoms with E-state index in [-0.39, 0.29) is 10.7 Å². The number of nitrogens with zero attached hydrogens (tertiary/aromatic N) is 1. The van der Waals surface area contributed by atoms with Crippen LogP contribution in [-0.2, 0) is 11.3 Å². The lowest BCUT2D eigenvalue weighted by Gasteiger charge is -2.21. The maximum atomic E-state index is 12.8. The Morgan fingerprint density at radius 3 is 2.27 bits per heavy atom. The molecule has 0 saturated carbocycles. The third-order valence-corrected chi connectivity index (χ3v) is 4.32. The second-order valence-electron chi connectivity index (χ2n) is 7.73. The SMILES string of the molecule is CC(C)(C)OC(=O)c1c(OCc2ccccc2)cc(C=Cc2ccccc2)nc1Cl. The Hall–Kier alpha value is -3.11. The van der Waals surface area contributed by atoms with Gasteiger partial charge in [0.2, 0.25) is 0 Å². The first kappa shape index (κ1) is 21.6. The minimum atomic E-state index is -0.664. The van der Waals surface area contributed by atoms with E-state index in [1.54, 1.807) is 26.8 Å². The molecule has 30 heavy (non-hydrogen) atoms. The fraction of sp³-hybridized carbons (Fsp3) is 0.200. The molecule has 0 amide bonds. The lowest BCUT2D eigenvalue weighted by atomic mass is 10.1. The van der Waals surface area contributed by atoms with Gasteiger partial charge in [0.1, 0.15) is 28.7 Å². The fourth-order valence-electron chi connectivity index (χ4n) is 2.70. The van der Waals surface area contributed by atoms with Crippen LogP contribution in [0.2, 0.25) is 5.15 Å². The van der Waals surface area contributed by atoms with Crippen LogP contribution in [0.5, 0.6) is 5.75 Å². The van der Waals surface area contributed by atoms with E-state index in [2.05, 4.69) is 4.98 Å². The standard InChI is InChI=1S/C25H24ClNO3/c1-25(2,3)30-24(28)22-21(29-17-19-12-8-5-9-13-19)16-20(27-23(22)26)15-14-18-10-6-4-7-11-18/h4-16H,17H2,1-3H3. The summed E-state index contributed by atoms with van der Waals surface area (Å²) in [6, 6.07) is 21.2. The molecule has 3 rings (SSSR count). The van der Waals surface area contributed by atoms with Crippen LogP contribution in [0, 0.1) is 0 Å². The summed E-state index contributed by atoms with van der Waals surface area (Å²) in [5, 5.41) is 0.0440. The van der Waals surface area contributed by atoms with E-state index in [1.165, 1.54) is 0 Å². The largest absolute Gasteiger partial charge is 0.488 e. The Kier molecular flexibility index (Phi) is 6.91. The van der Waals surface area contributed by atoms with Crippen LogP contribution < -0.4 is 4.74 Å². The number of carbonyl (C=O) groups is 1. The molecule has 1 heterocycles. The second kappa shape index (κ2) is 9.59. The average Bonchev–Trinajstić information content (AvgIpc) is 2.70. The summed E-state index contributed by atoms with van der Waals surface area (Å²) >= 11 is 6.40. The van der Waals surface area contributed by atoms with Crippen molar-refractivity contribution in [3.8, 4) is 5.75 Å². The molecule has 0 fully saturated rings. The predicted octanol–water partition coefficient (Wildman–Crippen LogP) is 6.44. The molecule has 2 aromatic carbocycles. The second-order valence-corrected chi connectivity index (χ2v) is 8.09. The van der Waals surface area contributed by atoms with E-state index in [1.807, 2.05) is 72.8 Å². The summed E-state index contributed by atoms with van der Waals surface area (Å²) < 4.78 is 11.5. The van der Waals surface area contributed by atoms with Gasteiger partial charge < -0.3 is 9.47 Å². The van der Waals surface area contributed by atoms with E-state index < -0.39 is 11.6 Å². The van der Waals surface area contributed by atoms with E-state index in [0.717, 1.165) is 11.1 Å². The molecule has 154 valence electrons. The number of esters is 1. The van der Waals surface area contributed by atoms with Gasteiger partial charge in [0.05, 0.1) is 5.69 Å². The third kappa shape index (κ3) is 6.19. The molecule has 0 unspecified atom stereocenters. The summed E-state index contributed by atoms with van der Waals surface area (Å²) in [6.45, 7) is 5.69. The quantitative estimate of drug-likeness (QED) is 0.339. The highest BCUT2D eigenvalue weighted by Gasteiger charge is 2.25. The van der Waals surface area contributed by atoms with Crippen molar-refractivity contribution >= 4 is 29.7 Å². The van der Waals surface area contributed by atoms with Gasteiger partial charge in [-0.15, -0.1) is 0 Å². The first-order chi connectivity index (χ1) is 14.3. The van der Waals surface area contributed by atoms with Gasteiger partial charge in [-0.3, -0.25) is 0 Å². The van der Waals surface area contributed by atoms with Gasteiger partial charge in [-0.2, -0.15) is 0 Å². The van der Waals surface area contributed by atoms with Gasteiger partial charge in [-0.05, 0) is 38.0 Å². The zero-order valence-electron chi connectivity index (χ0n) is 17.3. The van der Waals surface area contributed by atoms with Gasteiger partial charge in [0.25, 0.3) is 0 Å². The van der Waals surface area contributed by atoms with Gasteiger partial charge in [-0.1, -0.05) is 78.3 Å². The molecule has 0 atom stereocenters. The van der Waals surface area contributed by atoms with Gasteiger partial charge >= 0.3 is 5.97 Å². The van der Waals surface area contributed by atoms with Crippen LogP contribution in [0.3, 0.4) is 0 Å². The summed E-state index contributed by atoms with van der Waals surface area (Å²) in [7, 11) is 0. The van der Waals surface area contributed by atoms with Crippen LogP contribution in [0.1, 0.15) is 48.0 Å². The highest BCUT2D eigenvalue weighted by Crippen LogP contribution is 2.30. The maximum absolute atomic E-state index is 12.8. The summed E-state index contributed by atoms with van der Waals surface area (Å²) in [5.41, 5.74) is 2.04. The van der Waals surface area contributed by atoms with Crippen molar-refractivity contribution in [2.75, 3.05) is 0 Å². The van der Waals surface area contributed by atoms with Crippen LogP contribution in [-0.4, -0.2) is 16.6 Å². The Balaban J connectivity index is 1.94. The molecular formula is C25H24ClNO3. The molecule has 0 aliphatic carbocycles. The molecule has 0 bridgehead atoms. The van der Waals surface area contributed by atoms with Gasteiger partial charge in [0, 0.05) is 6.07 Å². The van der Waals surface area contributed by atoms with Crippen LogP contribution in [0.15, 0.2) is 66.7 Å². The fourth-order valence-corrected chi connectivity index (χ4v) is 2.97. The smallest absolute Gasteiger partial charge is 0.345 e. The number of carbonyl (C=O) groups excluding carboxylic acids is 1. The summed E-state index contributed by atoms with van der Waals surface area (Å²) in [4.78, 5) is 17.1. The van der Waals surface area contributed by atoms with Crippen LogP contribution in [0.25, 0.3) is 12.2 Å². The monoisotopic (exact) mass is 421 g/mol. The minimum Gasteiger partial charge on any atom is -0.488 e. The molecule has 5 heteroatoms. The highest BCUT2D eigenvalue weighted by atomic mass is 35.5. The number of ether oxygens (including phenoxy) is 2. The van der Waals surface area contributed by atoms with Crippen molar-refractivity contribution in [2.24, 2.45) is 0 Å². The Morgan fingerprint density at radius 2 is 1.63 bits per heavy atom. The van der Waals surface area contributed by atoms with Crippen LogP contribution in [0.4, 0.5) is 0 Å². The molecule has 0 aliphatic heterocycles. The Morgan fingerprint density at radius 1 is 1.00 bits per heavy atom. The molecule has 0 saturated heterocycles. The lowest BCUT2D eigenvalue weighted by Crippen LogP contribution is -2.24. The number of pyridine rings is 1.